The molecule has 19 heavy (non-hydrogen) atoms. The van der Waals surface area contributed by atoms with Crippen LogP contribution in [0.1, 0.15) is 36.0 Å². The van der Waals surface area contributed by atoms with Crippen LogP contribution in [0.5, 0.6) is 0 Å². The van der Waals surface area contributed by atoms with E-state index in [0.717, 1.165) is 17.7 Å². The molecule has 106 valence electrons. The van der Waals surface area contributed by atoms with Gasteiger partial charge < -0.3 is 9.32 Å². The summed E-state index contributed by atoms with van der Waals surface area (Å²) in [4.78, 5) is 13.1. The fourth-order valence-electron chi connectivity index (χ4n) is 2.38. The van der Waals surface area contributed by atoms with Crippen molar-refractivity contribution in [1.82, 2.24) is 4.90 Å². The number of hydrogen-bond acceptors (Lipinski definition) is 2. The SMILES string of the molecule is O=C(c1ccoc1Br)N(CC(F)(F)F)C1CCCC1. The maximum absolute atomic E-state index is 12.6. The van der Waals surface area contributed by atoms with Crippen LogP contribution >= 0.6 is 15.9 Å². The van der Waals surface area contributed by atoms with E-state index in [1.807, 2.05) is 0 Å². The summed E-state index contributed by atoms with van der Waals surface area (Å²) >= 11 is 3.03. The maximum atomic E-state index is 12.6. The fraction of sp³-hybridized carbons (Fsp3) is 0.583. The Balaban J connectivity index is 2.21. The lowest BCUT2D eigenvalue weighted by Gasteiger charge is -2.29. The minimum absolute atomic E-state index is 0.135. The average molecular weight is 340 g/mol. The van der Waals surface area contributed by atoms with Gasteiger partial charge in [-0.2, -0.15) is 13.2 Å². The summed E-state index contributed by atoms with van der Waals surface area (Å²) in [5, 5.41) is 0. The van der Waals surface area contributed by atoms with Crippen molar-refractivity contribution in [2.45, 2.75) is 37.9 Å². The first-order valence-corrected chi connectivity index (χ1v) is 6.78. The highest BCUT2D eigenvalue weighted by Gasteiger charge is 2.38. The summed E-state index contributed by atoms with van der Waals surface area (Å²) in [6.07, 6.45) is -0.154. The van der Waals surface area contributed by atoms with Gasteiger partial charge in [-0.05, 0) is 34.8 Å². The highest BCUT2D eigenvalue weighted by atomic mass is 79.9. The van der Waals surface area contributed by atoms with Crippen LogP contribution in [0, 0.1) is 0 Å². The van der Waals surface area contributed by atoms with E-state index in [1.54, 1.807) is 0 Å². The number of furan rings is 1. The van der Waals surface area contributed by atoms with Crippen molar-refractivity contribution in [2.75, 3.05) is 6.54 Å². The zero-order chi connectivity index (χ0) is 14.0. The molecule has 0 aliphatic heterocycles. The largest absolute Gasteiger partial charge is 0.457 e. The Morgan fingerprint density at radius 3 is 2.53 bits per heavy atom. The molecule has 1 fully saturated rings. The van der Waals surface area contributed by atoms with Gasteiger partial charge in [-0.25, -0.2) is 0 Å². The first-order valence-electron chi connectivity index (χ1n) is 5.99. The van der Waals surface area contributed by atoms with Gasteiger partial charge in [0.25, 0.3) is 5.91 Å². The normalized spacial score (nSPS) is 16.8. The summed E-state index contributed by atoms with van der Waals surface area (Å²) in [5.41, 5.74) is 0.135. The molecule has 1 aromatic heterocycles. The Kier molecular flexibility index (Phi) is 4.23. The highest BCUT2D eigenvalue weighted by Crippen LogP contribution is 2.30. The van der Waals surface area contributed by atoms with Crippen LogP contribution in [0.3, 0.4) is 0 Å². The molecule has 2 rings (SSSR count). The van der Waals surface area contributed by atoms with E-state index < -0.39 is 18.6 Å². The molecule has 3 nitrogen and oxygen atoms in total. The van der Waals surface area contributed by atoms with Gasteiger partial charge in [0.1, 0.15) is 6.54 Å². The van der Waals surface area contributed by atoms with Gasteiger partial charge in [-0.3, -0.25) is 4.79 Å². The lowest BCUT2D eigenvalue weighted by atomic mass is 10.1. The van der Waals surface area contributed by atoms with Crippen molar-refractivity contribution < 1.29 is 22.4 Å². The van der Waals surface area contributed by atoms with Gasteiger partial charge in [0.05, 0.1) is 11.8 Å². The van der Waals surface area contributed by atoms with Crippen LogP contribution in [0.4, 0.5) is 13.2 Å². The molecule has 1 heterocycles. The van der Waals surface area contributed by atoms with Crippen molar-refractivity contribution in [3.05, 3.63) is 22.6 Å². The number of nitrogens with zero attached hydrogens (tertiary/aromatic N) is 1. The van der Waals surface area contributed by atoms with Crippen molar-refractivity contribution >= 4 is 21.8 Å². The predicted octanol–water partition coefficient (Wildman–Crippen LogP) is 3.99. The molecule has 1 saturated carbocycles. The maximum Gasteiger partial charge on any atom is 0.406 e. The predicted molar refractivity (Wildman–Crippen MR) is 65.8 cm³/mol. The number of amides is 1. The van der Waals surface area contributed by atoms with Crippen molar-refractivity contribution in [3.8, 4) is 0 Å². The fourth-order valence-corrected chi connectivity index (χ4v) is 2.79. The summed E-state index contributed by atoms with van der Waals surface area (Å²) in [5.74, 6) is -0.634. The third kappa shape index (κ3) is 3.52. The standard InChI is InChI=1S/C12H13BrF3NO2/c13-10-9(5-6-19-10)11(18)17(7-12(14,15)16)8-3-1-2-4-8/h5-6,8H,1-4,7H2. The second-order valence-electron chi connectivity index (χ2n) is 4.59. The van der Waals surface area contributed by atoms with Crippen molar-refractivity contribution in [3.63, 3.8) is 0 Å². The Hall–Kier alpha value is -0.980. The van der Waals surface area contributed by atoms with E-state index in [4.69, 9.17) is 4.42 Å². The number of rotatable bonds is 3. The highest BCUT2D eigenvalue weighted by molar-refractivity contribution is 9.10. The molecule has 1 amide bonds. The number of halogens is 4. The summed E-state index contributed by atoms with van der Waals surface area (Å²) in [6.45, 7) is -1.21. The van der Waals surface area contributed by atoms with E-state index in [9.17, 15) is 18.0 Å². The van der Waals surface area contributed by atoms with Crippen molar-refractivity contribution in [2.24, 2.45) is 0 Å². The molecule has 0 unspecified atom stereocenters. The van der Waals surface area contributed by atoms with E-state index in [1.165, 1.54) is 12.3 Å². The first-order chi connectivity index (χ1) is 8.88. The van der Waals surface area contributed by atoms with Gasteiger partial charge in [-0.1, -0.05) is 12.8 Å². The molecule has 0 spiro atoms. The molecule has 1 aliphatic carbocycles. The third-order valence-electron chi connectivity index (χ3n) is 3.22. The summed E-state index contributed by atoms with van der Waals surface area (Å²) < 4.78 is 43.0. The minimum atomic E-state index is -4.39. The molecule has 1 aromatic rings. The molecular formula is C12H13BrF3NO2. The van der Waals surface area contributed by atoms with E-state index in [-0.39, 0.29) is 16.3 Å². The molecule has 0 aromatic carbocycles. The molecule has 0 saturated heterocycles. The molecular weight excluding hydrogens is 327 g/mol. The number of hydrogen-bond donors (Lipinski definition) is 0. The van der Waals surface area contributed by atoms with Gasteiger partial charge in [0.15, 0.2) is 4.67 Å². The topological polar surface area (TPSA) is 33.5 Å². The van der Waals surface area contributed by atoms with Crippen LogP contribution in [-0.2, 0) is 0 Å². The van der Waals surface area contributed by atoms with Gasteiger partial charge in [-0.15, -0.1) is 0 Å². The zero-order valence-electron chi connectivity index (χ0n) is 10.0. The number of carbonyl (C=O) groups excluding carboxylic acids is 1. The Labute approximate surface area is 116 Å². The van der Waals surface area contributed by atoms with E-state index in [0.29, 0.717) is 12.8 Å². The van der Waals surface area contributed by atoms with Crippen LogP contribution in [0.2, 0.25) is 0 Å². The second kappa shape index (κ2) is 5.56. The van der Waals surface area contributed by atoms with Crippen LogP contribution in [0.25, 0.3) is 0 Å². The molecule has 0 bridgehead atoms. The lowest BCUT2D eigenvalue weighted by Crippen LogP contribution is -2.44. The summed E-state index contributed by atoms with van der Waals surface area (Å²) in [6, 6.07) is 1.04. The quantitative estimate of drug-likeness (QED) is 0.834. The number of carbonyl (C=O) groups is 1. The number of alkyl halides is 3. The lowest BCUT2D eigenvalue weighted by molar-refractivity contribution is -0.144. The van der Waals surface area contributed by atoms with Crippen LogP contribution < -0.4 is 0 Å². The van der Waals surface area contributed by atoms with Gasteiger partial charge in [0.2, 0.25) is 0 Å². The van der Waals surface area contributed by atoms with Gasteiger partial charge in [0, 0.05) is 6.04 Å². The molecule has 0 N–H and O–H groups in total. The monoisotopic (exact) mass is 339 g/mol. The molecule has 0 radical (unpaired) electrons. The molecule has 0 atom stereocenters. The Bertz CT molecular complexity index is 452. The van der Waals surface area contributed by atoms with Gasteiger partial charge >= 0.3 is 6.18 Å². The average Bonchev–Trinajstić information content (AvgIpc) is 2.94. The zero-order valence-corrected chi connectivity index (χ0v) is 11.6. The Morgan fingerprint density at radius 1 is 1.42 bits per heavy atom. The van der Waals surface area contributed by atoms with Crippen LogP contribution in [-0.4, -0.2) is 29.6 Å². The Morgan fingerprint density at radius 2 is 2.05 bits per heavy atom. The van der Waals surface area contributed by atoms with E-state index >= 15 is 0 Å². The molecule has 1 aliphatic rings. The second-order valence-corrected chi connectivity index (χ2v) is 5.31. The smallest absolute Gasteiger partial charge is 0.406 e. The van der Waals surface area contributed by atoms with Crippen molar-refractivity contribution in [1.29, 1.82) is 0 Å². The first kappa shape index (κ1) is 14.4. The third-order valence-corrected chi connectivity index (χ3v) is 3.84. The summed E-state index contributed by atoms with van der Waals surface area (Å²) in [7, 11) is 0. The van der Waals surface area contributed by atoms with Crippen LogP contribution in [0.15, 0.2) is 21.4 Å². The molecule has 7 heteroatoms. The van der Waals surface area contributed by atoms with E-state index in [2.05, 4.69) is 15.9 Å². The minimum Gasteiger partial charge on any atom is -0.457 e.